The van der Waals surface area contributed by atoms with Gasteiger partial charge in [-0.1, -0.05) is 41.7 Å². The molecule has 3 aromatic heterocycles. The number of carbonyl (C=O) groups is 1. The van der Waals surface area contributed by atoms with Gasteiger partial charge in [0.25, 0.3) is 5.91 Å². The molecule has 0 saturated carbocycles. The number of imidazole rings is 1. The summed E-state index contributed by atoms with van der Waals surface area (Å²) in [5.41, 5.74) is 4.71. The summed E-state index contributed by atoms with van der Waals surface area (Å²) in [5, 5.41) is 5.88. The Kier molecular flexibility index (Phi) is 5.46. The van der Waals surface area contributed by atoms with Gasteiger partial charge in [-0.3, -0.25) is 9.20 Å². The van der Waals surface area contributed by atoms with Gasteiger partial charge in [-0.15, -0.1) is 11.3 Å². The number of nitrogens with one attached hydrogen (secondary N) is 1. The zero-order valence-corrected chi connectivity index (χ0v) is 19.2. The molecule has 8 heteroatoms. The molecule has 1 N–H and O–H groups in total. The second-order valence-corrected chi connectivity index (χ2v) is 9.05. The lowest BCUT2D eigenvalue weighted by Crippen LogP contribution is -2.22. The highest BCUT2D eigenvalue weighted by atomic mass is 32.1. The number of aromatic nitrogens is 3. The summed E-state index contributed by atoms with van der Waals surface area (Å²) in [6.45, 7) is 2.32. The van der Waals surface area contributed by atoms with Crippen molar-refractivity contribution in [3.8, 4) is 27.6 Å². The first kappa shape index (κ1) is 20.4. The first-order chi connectivity index (χ1) is 15.6. The van der Waals surface area contributed by atoms with Crippen LogP contribution in [0.15, 0.2) is 66.2 Å². The molecule has 6 nitrogen and oxygen atoms in total. The minimum absolute atomic E-state index is 0.113. The average Bonchev–Trinajstić information content (AvgIpc) is 3.55. The topological polar surface area (TPSA) is 68.5 Å². The molecule has 1 amide bonds. The zero-order valence-electron chi connectivity index (χ0n) is 17.5. The number of hydrogen-bond donors (Lipinski definition) is 1. The molecule has 0 aliphatic carbocycles. The molecular weight excluding hydrogens is 440 g/mol. The fourth-order valence-corrected chi connectivity index (χ4v) is 5.27. The molecule has 0 atom stereocenters. The largest absolute Gasteiger partial charge is 0.497 e. The van der Waals surface area contributed by atoms with Crippen LogP contribution in [-0.2, 0) is 6.54 Å². The molecule has 5 rings (SSSR count). The van der Waals surface area contributed by atoms with E-state index in [1.54, 1.807) is 18.4 Å². The molecule has 0 aliphatic rings. The van der Waals surface area contributed by atoms with Gasteiger partial charge < -0.3 is 10.1 Å². The predicted molar refractivity (Wildman–Crippen MR) is 129 cm³/mol. The maximum absolute atomic E-state index is 12.8. The summed E-state index contributed by atoms with van der Waals surface area (Å²) in [5.74, 6) is 0.699. The number of thiazole rings is 2. The van der Waals surface area contributed by atoms with Crippen LogP contribution < -0.4 is 10.1 Å². The highest BCUT2D eigenvalue weighted by molar-refractivity contribution is 7.19. The molecule has 0 saturated heterocycles. The summed E-state index contributed by atoms with van der Waals surface area (Å²) in [4.78, 5) is 23.6. The zero-order chi connectivity index (χ0) is 22.1. The lowest BCUT2D eigenvalue weighted by molar-refractivity contribution is 0.0953. The number of carbonyl (C=O) groups excluding carboxylic acids is 1. The Morgan fingerprint density at radius 1 is 1.06 bits per heavy atom. The van der Waals surface area contributed by atoms with E-state index in [9.17, 15) is 4.79 Å². The van der Waals surface area contributed by atoms with Crippen LogP contribution in [0.2, 0.25) is 0 Å². The van der Waals surface area contributed by atoms with Crippen LogP contribution in [0, 0.1) is 6.92 Å². The van der Waals surface area contributed by atoms with E-state index >= 15 is 0 Å². The Morgan fingerprint density at radius 3 is 2.56 bits per heavy atom. The standard InChI is InChI=1S/C24H20N4O2S2/c1-15-21(32-24-27-20(13-28(15)24)16-6-4-3-5-7-16)22(29)25-12-18-14-31-23(26-18)17-8-10-19(30-2)11-9-17/h3-11,13-14H,12H2,1-2H3,(H,25,29). The highest BCUT2D eigenvalue weighted by Gasteiger charge is 2.18. The second kappa shape index (κ2) is 8.57. The quantitative estimate of drug-likeness (QED) is 0.367. The fourth-order valence-electron chi connectivity index (χ4n) is 3.41. The lowest BCUT2D eigenvalue weighted by Gasteiger charge is -2.03. The van der Waals surface area contributed by atoms with Crippen LogP contribution in [0.5, 0.6) is 5.75 Å². The van der Waals surface area contributed by atoms with Crippen LogP contribution in [0.25, 0.3) is 26.8 Å². The van der Waals surface area contributed by atoms with Gasteiger partial charge in [0.1, 0.15) is 15.6 Å². The summed E-state index contributed by atoms with van der Waals surface area (Å²) < 4.78 is 7.18. The van der Waals surface area contributed by atoms with Crippen molar-refractivity contribution in [1.29, 1.82) is 0 Å². The first-order valence-corrected chi connectivity index (χ1v) is 11.7. The smallest absolute Gasteiger partial charge is 0.263 e. The van der Waals surface area contributed by atoms with E-state index in [1.165, 1.54) is 11.3 Å². The van der Waals surface area contributed by atoms with E-state index in [2.05, 4.69) is 10.3 Å². The Morgan fingerprint density at radius 2 is 1.84 bits per heavy atom. The van der Waals surface area contributed by atoms with E-state index in [4.69, 9.17) is 9.72 Å². The van der Waals surface area contributed by atoms with Crippen LogP contribution >= 0.6 is 22.7 Å². The predicted octanol–water partition coefficient (Wildman–Crippen LogP) is 5.43. The Balaban J connectivity index is 1.28. The third-order valence-corrected chi connectivity index (χ3v) is 7.25. The molecular formula is C24H20N4O2S2. The second-order valence-electron chi connectivity index (χ2n) is 7.22. The number of nitrogens with zero attached hydrogens (tertiary/aromatic N) is 3. The van der Waals surface area contributed by atoms with Crippen molar-refractivity contribution in [3.05, 3.63) is 82.4 Å². The van der Waals surface area contributed by atoms with E-state index < -0.39 is 0 Å². The van der Waals surface area contributed by atoms with Crippen molar-refractivity contribution in [3.63, 3.8) is 0 Å². The molecule has 32 heavy (non-hydrogen) atoms. The van der Waals surface area contributed by atoms with Crippen molar-refractivity contribution in [2.45, 2.75) is 13.5 Å². The van der Waals surface area contributed by atoms with Crippen molar-refractivity contribution < 1.29 is 9.53 Å². The Hall–Kier alpha value is -3.49. The first-order valence-electron chi connectivity index (χ1n) is 10.0. The lowest BCUT2D eigenvalue weighted by atomic mass is 10.2. The van der Waals surface area contributed by atoms with Gasteiger partial charge in [0, 0.05) is 28.4 Å². The van der Waals surface area contributed by atoms with Crippen molar-refractivity contribution in [1.82, 2.24) is 19.7 Å². The summed E-state index contributed by atoms with van der Waals surface area (Å²) in [6, 6.07) is 17.8. The molecule has 0 unspecified atom stereocenters. The maximum Gasteiger partial charge on any atom is 0.263 e. The third kappa shape index (κ3) is 3.90. The van der Waals surface area contributed by atoms with Crippen LogP contribution in [-0.4, -0.2) is 27.4 Å². The fraction of sp³-hybridized carbons (Fsp3) is 0.125. The summed E-state index contributed by atoms with van der Waals surface area (Å²) >= 11 is 2.96. The molecule has 0 bridgehead atoms. The minimum atomic E-state index is -0.113. The number of hydrogen-bond acceptors (Lipinski definition) is 6. The van der Waals surface area contributed by atoms with Gasteiger partial charge in [-0.05, 0) is 31.2 Å². The Bertz CT molecular complexity index is 1380. The SMILES string of the molecule is COc1ccc(-c2nc(CNC(=O)c3sc4nc(-c5ccccc5)cn4c3C)cs2)cc1. The van der Waals surface area contributed by atoms with E-state index in [-0.39, 0.29) is 5.91 Å². The number of rotatable bonds is 6. The van der Waals surface area contributed by atoms with Crippen molar-refractivity contribution >= 4 is 33.5 Å². The molecule has 5 aromatic rings. The van der Waals surface area contributed by atoms with Gasteiger partial charge >= 0.3 is 0 Å². The maximum atomic E-state index is 12.8. The van der Waals surface area contributed by atoms with Crippen molar-refractivity contribution in [2.75, 3.05) is 7.11 Å². The molecule has 0 fully saturated rings. The average molecular weight is 461 g/mol. The van der Waals surface area contributed by atoms with Gasteiger partial charge in [-0.25, -0.2) is 9.97 Å². The van der Waals surface area contributed by atoms with Crippen molar-refractivity contribution in [2.24, 2.45) is 0 Å². The molecule has 0 radical (unpaired) electrons. The number of aryl methyl sites for hydroxylation is 1. The number of methoxy groups -OCH3 is 1. The van der Waals surface area contributed by atoms with Crippen LogP contribution in [0.3, 0.4) is 0 Å². The Labute approximate surface area is 193 Å². The minimum Gasteiger partial charge on any atom is -0.497 e. The van der Waals surface area contributed by atoms with E-state index in [0.29, 0.717) is 11.4 Å². The molecule has 2 aromatic carbocycles. The summed E-state index contributed by atoms with van der Waals surface area (Å²) in [7, 11) is 1.65. The van der Waals surface area contributed by atoms with E-state index in [1.807, 2.05) is 77.5 Å². The highest BCUT2D eigenvalue weighted by Crippen LogP contribution is 2.28. The van der Waals surface area contributed by atoms with Crippen LogP contribution in [0.1, 0.15) is 21.1 Å². The third-order valence-electron chi connectivity index (χ3n) is 5.15. The molecule has 0 spiro atoms. The van der Waals surface area contributed by atoms with Gasteiger partial charge in [-0.2, -0.15) is 0 Å². The molecule has 0 aliphatic heterocycles. The monoisotopic (exact) mass is 460 g/mol. The summed E-state index contributed by atoms with van der Waals surface area (Å²) in [6.07, 6.45) is 1.98. The van der Waals surface area contributed by atoms with Gasteiger partial charge in [0.05, 0.1) is 25.0 Å². The molecule has 160 valence electrons. The van der Waals surface area contributed by atoms with Gasteiger partial charge in [0.15, 0.2) is 4.96 Å². The van der Waals surface area contributed by atoms with E-state index in [0.717, 1.165) is 43.9 Å². The number of amides is 1. The van der Waals surface area contributed by atoms with Crippen LogP contribution in [0.4, 0.5) is 0 Å². The molecule has 3 heterocycles. The normalized spacial score (nSPS) is 11.1. The number of benzene rings is 2. The number of ether oxygens (including phenoxy) is 1. The van der Waals surface area contributed by atoms with Gasteiger partial charge in [0.2, 0.25) is 0 Å². The number of fused-ring (bicyclic) bond motifs is 1.